The standard InChI is InChI=1S/C20H18N4/c1-2-7-17(8-3-1)18-13-19(15-23-10-4-5-11-23)22-20(14-18)16-24-12-6-9-21-24/h1-14H,15-16H2. The van der Waals surface area contributed by atoms with Crippen LogP contribution in [0.2, 0.25) is 0 Å². The molecule has 118 valence electrons. The zero-order valence-corrected chi connectivity index (χ0v) is 13.3. The van der Waals surface area contributed by atoms with E-state index in [0.717, 1.165) is 17.9 Å². The van der Waals surface area contributed by atoms with Gasteiger partial charge in [-0.3, -0.25) is 9.67 Å². The highest BCUT2D eigenvalue weighted by Crippen LogP contribution is 2.21. The SMILES string of the molecule is c1ccc(-c2cc(Cn3cccc3)nc(Cn3cccn3)c2)cc1. The van der Waals surface area contributed by atoms with Gasteiger partial charge in [0.05, 0.1) is 24.5 Å². The van der Waals surface area contributed by atoms with Gasteiger partial charge < -0.3 is 4.57 Å². The number of hydrogen-bond donors (Lipinski definition) is 0. The van der Waals surface area contributed by atoms with Gasteiger partial charge in [-0.05, 0) is 41.5 Å². The third-order valence-corrected chi connectivity index (χ3v) is 3.93. The van der Waals surface area contributed by atoms with Crippen LogP contribution in [0.3, 0.4) is 0 Å². The quantitative estimate of drug-likeness (QED) is 0.561. The highest BCUT2D eigenvalue weighted by molar-refractivity contribution is 5.64. The molecule has 0 N–H and O–H groups in total. The van der Waals surface area contributed by atoms with E-state index in [-0.39, 0.29) is 0 Å². The molecule has 24 heavy (non-hydrogen) atoms. The first kappa shape index (κ1) is 14.5. The Morgan fingerprint density at radius 1 is 0.708 bits per heavy atom. The summed E-state index contributed by atoms with van der Waals surface area (Å²) in [6.07, 6.45) is 7.87. The van der Waals surface area contributed by atoms with Crippen LogP contribution in [0, 0.1) is 0 Å². The lowest BCUT2D eigenvalue weighted by molar-refractivity contribution is 0.665. The normalized spacial score (nSPS) is 10.8. The lowest BCUT2D eigenvalue weighted by atomic mass is 10.0. The fourth-order valence-corrected chi connectivity index (χ4v) is 2.83. The molecular formula is C20H18N4. The van der Waals surface area contributed by atoms with E-state index < -0.39 is 0 Å². The second-order valence-electron chi connectivity index (χ2n) is 5.76. The van der Waals surface area contributed by atoms with Crippen molar-refractivity contribution in [2.45, 2.75) is 13.1 Å². The molecule has 4 heteroatoms. The first-order valence-corrected chi connectivity index (χ1v) is 8.00. The predicted molar refractivity (Wildman–Crippen MR) is 94.5 cm³/mol. The van der Waals surface area contributed by atoms with Crippen molar-refractivity contribution < 1.29 is 0 Å². The maximum atomic E-state index is 4.83. The van der Waals surface area contributed by atoms with E-state index in [1.807, 2.05) is 35.1 Å². The summed E-state index contributed by atoms with van der Waals surface area (Å²) in [6.45, 7) is 1.44. The first-order chi connectivity index (χ1) is 11.9. The van der Waals surface area contributed by atoms with Crippen LogP contribution in [0.4, 0.5) is 0 Å². The average molecular weight is 314 g/mol. The lowest BCUT2D eigenvalue weighted by Crippen LogP contribution is -2.06. The Morgan fingerprint density at radius 2 is 1.46 bits per heavy atom. The molecule has 0 aliphatic carbocycles. The molecule has 0 aliphatic heterocycles. The van der Waals surface area contributed by atoms with Crippen LogP contribution in [-0.4, -0.2) is 19.3 Å². The molecule has 4 rings (SSSR count). The monoisotopic (exact) mass is 314 g/mol. The van der Waals surface area contributed by atoms with Crippen LogP contribution >= 0.6 is 0 Å². The van der Waals surface area contributed by atoms with E-state index in [4.69, 9.17) is 4.98 Å². The third-order valence-electron chi connectivity index (χ3n) is 3.93. The number of aromatic nitrogens is 4. The maximum absolute atomic E-state index is 4.83. The molecule has 0 unspecified atom stereocenters. The van der Waals surface area contributed by atoms with Crippen LogP contribution < -0.4 is 0 Å². The van der Waals surface area contributed by atoms with Gasteiger partial charge in [-0.1, -0.05) is 30.3 Å². The Hall–Kier alpha value is -3.14. The fraction of sp³-hybridized carbons (Fsp3) is 0.100. The molecule has 3 heterocycles. The molecule has 0 spiro atoms. The smallest absolute Gasteiger partial charge is 0.0831 e. The van der Waals surface area contributed by atoms with E-state index in [1.54, 1.807) is 6.20 Å². The molecule has 0 bridgehead atoms. The van der Waals surface area contributed by atoms with Crippen molar-refractivity contribution in [3.63, 3.8) is 0 Å². The summed E-state index contributed by atoms with van der Waals surface area (Å²) in [7, 11) is 0. The third kappa shape index (κ3) is 3.27. The van der Waals surface area contributed by atoms with E-state index in [9.17, 15) is 0 Å². The molecule has 0 aliphatic rings. The molecule has 0 radical (unpaired) electrons. The summed E-state index contributed by atoms with van der Waals surface area (Å²) >= 11 is 0. The van der Waals surface area contributed by atoms with Crippen molar-refractivity contribution in [2.75, 3.05) is 0 Å². The minimum absolute atomic E-state index is 0.673. The Balaban J connectivity index is 1.72. The van der Waals surface area contributed by atoms with E-state index >= 15 is 0 Å². The van der Waals surface area contributed by atoms with Crippen LogP contribution in [0.15, 0.2) is 85.5 Å². The van der Waals surface area contributed by atoms with Crippen LogP contribution in [0.5, 0.6) is 0 Å². The van der Waals surface area contributed by atoms with Crippen LogP contribution in [-0.2, 0) is 13.1 Å². The molecule has 0 fully saturated rings. The molecule has 0 amide bonds. The number of nitrogens with zero attached hydrogens (tertiary/aromatic N) is 4. The van der Waals surface area contributed by atoms with Gasteiger partial charge in [-0.25, -0.2) is 0 Å². The van der Waals surface area contributed by atoms with E-state index in [1.165, 1.54) is 11.1 Å². The molecule has 0 saturated carbocycles. The van der Waals surface area contributed by atoms with E-state index in [2.05, 4.69) is 58.5 Å². The first-order valence-electron chi connectivity index (χ1n) is 8.00. The Morgan fingerprint density at radius 3 is 2.17 bits per heavy atom. The molecule has 0 saturated heterocycles. The lowest BCUT2D eigenvalue weighted by Gasteiger charge is -2.10. The minimum atomic E-state index is 0.673. The predicted octanol–water partition coefficient (Wildman–Crippen LogP) is 3.84. The van der Waals surface area contributed by atoms with Gasteiger partial charge in [-0.2, -0.15) is 5.10 Å². The van der Waals surface area contributed by atoms with Gasteiger partial charge in [0.2, 0.25) is 0 Å². The summed E-state index contributed by atoms with van der Waals surface area (Å²) in [4.78, 5) is 4.83. The van der Waals surface area contributed by atoms with Crippen molar-refractivity contribution in [3.8, 4) is 11.1 Å². The zero-order valence-electron chi connectivity index (χ0n) is 13.3. The van der Waals surface area contributed by atoms with Gasteiger partial charge in [0.1, 0.15) is 0 Å². The fourth-order valence-electron chi connectivity index (χ4n) is 2.83. The largest absolute Gasteiger partial charge is 0.348 e. The van der Waals surface area contributed by atoms with E-state index in [0.29, 0.717) is 6.54 Å². The summed E-state index contributed by atoms with van der Waals surface area (Å²) in [5.74, 6) is 0. The Kier molecular flexibility index (Phi) is 3.94. The van der Waals surface area contributed by atoms with Gasteiger partial charge in [0.25, 0.3) is 0 Å². The molecule has 0 atom stereocenters. The Labute approximate surface area is 141 Å². The highest BCUT2D eigenvalue weighted by atomic mass is 15.3. The average Bonchev–Trinajstić information content (AvgIpc) is 3.30. The molecule has 1 aromatic carbocycles. The van der Waals surface area contributed by atoms with Crippen molar-refractivity contribution in [2.24, 2.45) is 0 Å². The minimum Gasteiger partial charge on any atom is -0.348 e. The summed E-state index contributed by atoms with van der Waals surface area (Å²) in [6, 6.07) is 20.7. The zero-order chi connectivity index (χ0) is 16.2. The van der Waals surface area contributed by atoms with Crippen LogP contribution in [0.1, 0.15) is 11.4 Å². The van der Waals surface area contributed by atoms with Gasteiger partial charge >= 0.3 is 0 Å². The summed E-state index contributed by atoms with van der Waals surface area (Å²) in [5, 5.41) is 4.29. The second kappa shape index (κ2) is 6.54. The maximum Gasteiger partial charge on any atom is 0.0831 e. The van der Waals surface area contributed by atoms with Crippen molar-refractivity contribution in [1.29, 1.82) is 0 Å². The number of benzene rings is 1. The molecule has 4 aromatic rings. The van der Waals surface area contributed by atoms with Crippen LogP contribution in [0.25, 0.3) is 11.1 Å². The number of pyridine rings is 1. The van der Waals surface area contributed by atoms with Crippen molar-refractivity contribution >= 4 is 0 Å². The molecule has 4 nitrogen and oxygen atoms in total. The summed E-state index contributed by atoms with van der Waals surface area (Å²) < 4.78 is 4.03. The summed E-state index contributed by atoms with van der Waals surface area (Å²) in [5.41, 5.74) is 4.46. The van der Waals surface area contributed by atoms with Crippen molar-refractivity contribution in [1.82, 2.24) is 19.3 Å². The molecular weight excluding hydrogens is 296 g/mol. The number of hydrogen-bond acceptors (Lipinski definition) is 2. The molecule has 3 aromatic heterocycles. The second-order valence-corrected chi connectivity index (χ2v) is 5.76. The highest BCUT2D eigenvalue weighted by Gasteiger charge is 2.06. The Bertz CT molecular complexity index is 840. The topological polar surface area (TPSA) is 35.6 Å². The number of rotatable bonds is 5. The van der Waals surface area contributed by atoms with Crippen molar-refractivity contribution in [3.05, 3.63) is 96.8 Å². The van der Waals surface area contributed by atoms with Gasteiger partial charge in [0, 0.05) is 24.8 Å². The van der Waals surface area contributed by atoms with Gasteiger partial charge in [0.15, 0.2) is 0 Å². The van der Waals surface area contributed by atoms with Gasteiger partial charge in [-0.15, -0.1) is 0 Å².